The number of ether oxygens (including phenoxy) is 1. The zero-order chi connectivity index (χ0) is 36.1. The van der Waals surface area contributed by atoms with Gasteiger partial charge in [0, 0.05) is 31.3 Å². The first kappa shape index (κ1) is 35.2. The number of hydrogen-bond acceptors (Lipinski definition) is 11. The van der Waals surface area contributed by atoms with E-state index in [9.17, 15) is 29.1 Å². The summed E-state index contributed by atoms with van der Waals surface area (Å²) in [5, 5.41) is 26.5. The SMILES string of the molecule is CN(C(=O)c1ccccc1OCC(=O)N[C@H](C(=O)NC1C(=O)N2C(C(=O)O)=C(CSc3nnnn3C)CS[C@@H]12)c1ccccc1)c1ccccc1. The Labute approximate surface area is 300 Å². The number of aromatic nitrogens is 4. The lowest BCUT2D eigenvalue weighted by Crippen LogP contribution is -2.71. The third-order valence-corrected chi connectivity index (χ3v) is 10.6. The number of nitrogens with zero attached hydrogens (tertiary/aromatic N) is 6. The first-order chi connectivity index (χ1) is 24.6. The number of fused-ring (bicyclic) bond motifs is 1. The summed E-state index contributed by atoms with van der Waals surface area (Å²) in [4.78, 5) is 68.6. The molecule has 1 fully saturated rings. The number of aryl methyl sites for hydroxylation is 1. The second kappa shape index (κ2) is 15.5. The number of β-lactam (4-membered cyclic amide) rings is 1. The van der Waals surface area contributed by atoms with Crippen LogP contribution in [0.5, 0.6) is 5.75 Å². The number of nitrogens with one attached hydrogen (secondary N) is 2. The highest BCUT2D eigenvalue weighted by Crippen LogP contribution is 2.41. The molecule has 0 saturated carbocycles. The monoisotopic (exact) mass is 728 g/mol. The number of carboxylic acid groups (broad SMARTS) is 1. The first-order valence-corrected chi connectivity index (χ1v) is 17.6. The lowest BCUT2D eigenvalue weighted by atomic mass is 10.0. The lowest BCUT2D eigenvalue weighted by molar-refractivity contribution is -0.151. The number of carbonyl (C=O) groups is 5. The van der Waals surface area contributed by atoms with E-state index in [2.05, 4.69) is 26.2 Å². The molecule has 51 heavy (non-hydrogen) atoms. The summed E-state index contributed by atoms with van der Waals surface area (Å²) in [5.74, 6) is -2.74. The van der Waals surface area contributed by atoms with Gasteiger partial charge in [-0.1, -0.05) is 72.4 Å². The Kier molecular flexibility index (Phi) is 10.7. The van der Waals surface area contributed by atoms with Gasteiger partial charge in [0.25, 0.3) is 17.7 Å². The third-order valence-electron chi connectivity index (χ3n) is 8.13. The zero-order valence-corrected chi connectivity index (χ0v) is 29.0. The van der Waals surface area contributed by atoms with Crippen molar-refractivity contribution in [2.75, 3.05) is 30.1 Å². The predicted molar refractivity (Wildman–Crippen MR) is 188 cm³/mol. The topological polar surface area (TPSA) is 189 Å². The second-order valence-electron chi connectivity index (χ2n) is 11.4. The molecule has 3 atom stereocenters. The van der Waals surface area contributed by atoms with Crippen molar-refractivity contribution in [3.05, 3.63) is 107 Å². The number of para-hydroxylation sites is 2. The smallest absolute Gasteiger partial charge is 0.352 e. The highest BCUT2D eigenvalue weighted by Gasteiger charge is 2.54. The van der Waals surface area contributed by atoms with E-state index in [1.807, 2.05) is 18.2 Å². The number of anilines is 1. The number of carbonyl (C=O) groups excluding carboxylic acids is 4. The fourth-order valence-corrected chi connectivity index (χ4v) is 7.87. The molecular formula is C34H32N8O7S2. The van der Waals surface area contributed by atoms with E-state index in [-0.39, 0.29) is 28.7 Å². The van der Waals surface area contributed by atoms with Gasteiger partial charge in [-0.2, -0.15) is 0 Å². The van der Waals surface area contributed by atoms with Gasteiger partial charge in [-0.3, -0.25) is 24.1 Å². The maximum atomic E-state index is 13.7. The number of carboxylic acids is 1. The van der Waals surface area contributed by atoms with Crippen molar-refractivity contribution in [2.24, 2.45) is 7.05 Å². The zero-order valence-electron chi connectivity index (χ0n) is 27.3. The van der Waals surface area contributed by atoms with Gasteiger partial charge in [-0.05, 0) is 45.8 Å². The van der Waals surface area contributed by atoms with Crippen LogP contribution in [0.1, 0.15) is 22.0 Å². The van der Waals surface area contributed by atoms with Crippen molar-refractivity contribution in [3.63, 3.8) is 0 Å². The van der Waals surface area contributed by atoms with Crippen molar-refractivity contribution >= 4 is 58.8 Å². The minimum atomic E-state index is -1.26. The number of aliphatic carboxylic acids is 1. The van der Waals surface area contributed by atoms with Crippen molar-refractivity contribution in [2.45, 2.75) is 22.6 Å². The fourth-order valence-electron chi connectivity index (χ4n) is 5.54. The normalized spacial score (nSPS) is 17.1. The van der Waals surface area contributed by atoms with Crippen LogP contribution in [-0.2, 0) is 26.2 Å². The van der Waals surface area contributed by atoms with Gasteiger partial charge >= 0.3 is 5.97 Å². The average molecular weight is 729 g/mol. The Morgan fingerprint density at radius 3 is 2.41 bits per heavy atom. The summed E-state index contributed by atoms with van der Waals surface area (Å²) < 4.78 is 7.25. The van der Waals surface area contributed by atoms with Gasteiger partial charge in [0.15, 0.2) is 6.61 Å². The van der Waals surface area contributed by atoms with Crippen molar-refractivity contribution in [1.29, 1.82) is 0 Å². The summed E-state index contributed by atoms with van der Waals surface area (Å²) in [5.41, 5.74) is 1.77. The molecular weight excluding hydrogens is 697 g/mol. The highest BCUT2D eigenvalue weighted by atomic mass is 32.2. The summed E-state index contributed by atoms with van der Waals surface area (Å²) in [6, 6.07) is 21.9. The van der Waals surface area contributed by atoms with Gasteiger partial charge in [-0.25, -0.2) is 9.48 Å². The van der Waals surface area contributed by atoms with Crippen molar-refractivity contribution in [3.8, 4) is 5.75 Å². The van der Waals surface area contributed by atoms with E-state index in [0.29, 0.717) is 27.7 Å². The molecule has 2 aliphatic heterocycles. The summed E-state index contributed by atoms with van der Waals surface area (Å²) in [7, 11) is 3.30. The van der Waals surface area contributed by atoms with Crippen molar-refractivity contribution < 1.29 is 33.8 Å². The van der Waals surface area contributed by atoms with Gasteiger partial charge in [-0.15, -0.1) is 16.9 Å². The molecule has 4 amide bonds. The van der Waals surface area contributed by atoms with Crippen LogP contribution in [0, 0.1) is 0 Å². The molecule has 1 unspecified atom stereocenters. The van der Waals surface area contributed by atoms with Crippen LogP contribution in [-0.4, -0.2) is 96.4 Å². The van der Waals surface area contributed by atoms with Crippen LogP contribution in [0.15, 0.2) is 101 Å². The molecule has 0 spiro atoms. The second-order valence-corrected chi connectivity index (χ2v) is 13.5. The van der Waals surface area contributed by atoms with Gasteiger partial charge in [0.2, 0.25) is 11.1 Å². The molecule has 4 aromatic rings. The van der Waals surface area contributed by atoms with Crippen LogP contribution in [0.25, 0.3) is 0 Å². The Balaban J connectivity index is 1.12. The van der Waals surface area contributed by atoms with Crippen molar-refractivity contribution in [1.82, 2.24) is 35.7 Å². The molecule has 1 saturated heterocycles. The maximum Gasteiger partial charge on any atom is 0.352 e. The molecule has 17 heteroatoms. The minimum Gasteiger partial charge on any atom is -0.483 e. The molecule has 0 radical (unpaired) electrons. The lowest BCUT2D eigenvalue weighted by Gasteiger charge is -2.49. The molecule has 0 bridgehead atoms. The molecule has 1 aromatic heterocycles. The molecule has 3 heterocycles. The van der Waals surface area contributed by atoms with E-state index >= 15 is 0 Å². The summed E-state index contributed by atoms with van der Waals surface area (Å²) >= 11 is 2.58. The largest absolute Gasteiger partial charge is 0.483 e. The fraction of sp³-hybridized carbons (Fsp3) is 0.235. The molecule has 3 N–H and O–H groups in total. The maximum absolute atomic E-state index is 13.7. The number of benzene rings is 3. The molecule has 15 nitrogen and oxygen atoms in total. The third kappa shape index (κ3) is 7.58. The standard InChI is InChI=1S/C34H32N8O7S2/c1-40(22-13-7-4-8-14-22)30(45)23-15-9-10-16-24(23)49-17-25(43)35-26(20-11-5-3-6-12-20)29(44)36-27-31(46)42-28(33(47)48)21(18-50-32(27)42)19-51-34-37-38-39-41(34)2/h3-16,26-27,32H,17-19H2,1-2H3,(H,35,43)(H,36,44)(H,47,48)/t26-,27?,32-/m0/s1. The van der Waals surface area contributed by atoms with E-state index in [4.69, 9.17) is 4.74 Å². The van der Waals surface area contributed by atoms with Crippen LogP contribution in [0.3, 0.4) is 0 Å². The molecule has 2 aliphatic rings. The Bertz CT molecular complexity index is 1990. The minimum absolute atomic E-state index is 0.129. The number of rotatable bonds is 13. The quantitative estimate of drug-likeness (QED) is 0.135. The highest BCUT2D eigenvalue weighted by molar-refractivity contribution is 8.01. The first-order valence-electron chi connectivity index (χ1n) is 15.6. The molecule has 262 valence electrons. The molecule has 0 aliphatic carbocycles. The number of hydrogen-bond donors (Lipinski definition) is 3. The number of thioether (sulfide) groups is 2. The van der Waals surface area contributed by atoms with E-state index in [1.165, 1.54) is 38.0 Å². The Hall–Kier alpha value is -5.68. The van der Waals surface area contributed by atoms with E-state index in [1.54, 1.807) is 80.8 Å². The molecule has 6 rings (SSSR count). The van der Waals surface area contributed by atoms with E-state index < -0.39 is 47.8 Å². The average Bonchev–Trinajstić information content (AvgIpc) is 3.57. The predicted octanol–water partition coefficient (Wildman–Crippen LogP) is 2.25. The van der Waals surface area contributed by atoms with Crippen LogP contribution < -0.4 is 20.3 Å². The summed E-state index contributed by atoms with van der Waals surface area (Å²) in [6.45, 7) is -0.511. The van der Waals surface area contributed by atoms with Crippen LogP contribution >= 0.6 is 23.5 Å². The Morgan fingerprint density at radius 1 is 1.04 bits per heavy atom. The van der Waals surface area contributed by atoms with Crippen LogP contribution in [0.4, 0.5) is 5.69 Å². The number of tetrazole rings is 1. The Morgan fingerprint density at radius 2 is 1.73 bits per heavy atom. The van der Waals surface area contributed by atoms with E-state index in [0.717, 1.165) is 0 Å². The molecule has 3 aromatic carbocycles. The van der Waals surface area contributed by atoms with Gasteiger partial charge in [0.05, 0.1) is 5.56 Å². The van der Waals surface area contributed by atoms with Crippen LogP contribution in [0.2, 0.25) is 0 Å². The van der Waals surface area contributed by atoms with Gasteiger partial charge < -0.3 is 25.4 Å². The van der Waals surface area contributed by atoms with Gasteiger partial charge in [0.1, 0.15) is 28.9 Å². The summed E-state index contributed by atoms with van der Waals surface area (Å²) in [6.07, 6.45) is 0. The number of amides is 4.